The van der Waals surface area contributed by atoms with Crippen LogP contribution in [0.3, 0.4) is 0 Å². The zero-order valence-corrected chi connectivity index (χ0v) is 6.61. The van der Waals surface area contributed by atoms with E-state index in [2.05, 4.69) is 4.98 Å². The number of nitrogens with two attached hydrogens (primary N) is 1. The molecule has 0 radical (unpaired) electrons. The van der Waals surface area contributed by atoms with Gasteiger partial charge in [0.1, 0.15) is 5.69 Å². The summed E-state index contributed by atoms with van der Waals surface area (Å²) in [4.78, 5) is 15.0. The van der Waals surface area contributed by atoms with Crippen molar-refractivity contribution in [1.29, 1.82) is 0 Å². The Bertz CT molecular complexity index is 264. The molecule has 0 aromatic carbocycles. The number of imidazole rings is 1. The van der Waals surface area contributed by atoms with E-state index >= 15 is 0 Å². The molecule has 0 aliphatic rings. The van der Waals surface area contributed by atoms with Crippen LogP contribution in [0.25, 0.3) is 0 Å². The molecule has 1 rings (SSSR count). The number of hydrogen-bond donors (Lipinski definition) is 1. The second kappa shape index (κ2) is 2.84. The molecule has 0 amide bonds. The smallest absolute Gasteiger partial charge is 0.199 e. The first-order valence-electron chi connectivity index (χ1n) is 3.39. The monoisotopic (exact) mass is 153 g/mol. The molecule has 11 heavy (non-hydrogen) atoms. The van der Waals surface area contributed by atoms with Crippen LogP contribution in [0.2, 0.25) is 0 Å². The Kier molecular flexibility index (Phi) is 2.05. The van der Waals surface area contributed by atoms with Crippen LogP contribution in [0.15, 0.2) is 12.5 Å². The van der Waals surface area contributed by atoms with Gasteiger partial charge in [-0.05, 0) is 6.92 Å². The van der Waals surface area contributed by atoms with Gasteiger partial charge in [0.15, 0.2) is 5.78 Å². The molecule has 4 heteroatoms. The van der Waals surface area contributed by atoms with Crippen molar-refractivity contribution in [3.8, 4) is 0 Å². The van der Waals surface area contributed by atoms with E-state index in [1.807, 2.05) is 7.05 Å². The molecule has 1 unspecified atom stereocenters. The minimum Gasteiger partial charge on any atom is -0.340 e. The predicted octanol–water partition coefficient (Wildman–Crippen LogP) is -0.0500. The lowest BCUT2D eigenvalue weighted by atomic mass is 10.2. The third kappa shape index (κ3) is 1.65. The molecule has 0 bridgehead atoms. The molecule has 0 aliphatic heterocycles. The normalized spacial score (nSPS) is 13.0. The highest BCUT2D eigenvalue weighted by Gasteiger charge is 2.12. The van der Waals surface area contributed by atoms with Crippen LogP contribution >= 0.6 is 0 Å². The molecular formula is C7H11N3O. The Balaban J connectivity index is 2.85. The van der Waals surface area contributed by atoms with E-state index in [-0.39, 0.29) is 5.78 Å². The van der Waals surface area contributed by atoms with Gasteiger partial charge in [0.25, 0.3) is 0 Å². The molecule has 1 aromatic rings. The number of rotatable bonds is 2. The van der Waals surface area contributed by atoms with Gasteiger partial charge in [-0.1, -0.05) is 0 Å². The summed E-state index contributed by atoms with van der Waals surface area (Å²) in [6.07, 6.45) is 3.24. The fourth-order valence-electron chi connectivity index (χ4n) is 0.773. The summed E-state index contributed by atoms with van der Waals surface area (Å²) in [6.45, 7) is 1.65. The minimum atomic E-state index is -0.468. The highest BCUT2D eigenvalue weighted by atomic mass is 16.1. The number of carbonyl (C=O) groups excluding carboxylic acids is 1. The van der Waals surface area contributed by atoms with Crippen LogP contribution < -0.4 is 5.73 Å². The molecule has 0 spiro atoms. The molecule has 60 valence electrons. The quantitative estimate of drug-likeness (QED) is 0.606. The van der Waals surface area contributed by atoms with E-state index in [0.29, 0.717) is 5.69 Å². The van der Waals surface area contributed by atoms with Gasteiger partial charge in [0, 0.05) is 13.2 Å². The number of hydrogen-bond acceptors (Lipinski definition) is 3. The highest BCUT2D eigenvalue weighted by molar-refractivity contribution is 5.97. The van der Waals surface area contributed by atoms with E-state index in [1.54, 1.807) is 24.0 Å². The van der Waals surface area contributed by atoms with Crippen molar-refractivity contribution in [2.24, 2.45) is 12.8 Å². The molecule has 2 N–H and O–H groups in total. The van der Waals surface area contributed by atoms with Gasteiger partial charge in [0.2, 0.25) is 0 Å². The van der Waals surface area contributed by atoms with Gasteiger partial charge in [-0.25, -0.2) is 4.98 Å². The number of aromatic nitrogens is 2. The van der Waals surface area contributed by atoms with E-state index < -0.39 is 6.04 Å². The Morgan fingerprint density at radius 2 is 2.45 bits per heavy atom. The maximum absolute atomic E-state index is 11.2. The molecule has 0 saturated carbocycles. The number of carbonyl (C=O) groups is 1. The molecule has 1 atom stereocenters. The summed E-state index contributed by atoms with van der Waals surface area (Å²) in [6, 6.07) is -0.468. The first kappa shape index (κ1) is 7.94. The predicted molar refractivity (Wildman–Crippen MR) is 41.2 cm³/mol. The lowest BCUT2D eigenvalue weighted by molar-refractivity contribution is 0.0963. The second-order valence-electron chi connectivity index (χ2n) is 2.58. The molecule has 4 nitrogen and oxygen atoms in total. The number of nitrogens with zero attached hydrogens (tertiary/aromatic N) is 2. The third-order valence-electron chi connectivity index (χ3n) is 1.37. The van der Waals surface area contributed by atoms with Crippen LogP contribution in [-0.4, -0.2) is 21.4 Å². The van der Waals surface area contributed by atoms with Crippen LogP contribution in [0.4, 0.5) is 0 Å². The van der Waals surface area contributed by atoms with Gasteiger partial charge < -0.3 is 10.3 Å². The molecule has 1 heterocycles. The van der Waals surface area contributed by atoms with Gasteiger partial charge in [-0.3, -0.25) is 4.79 Å². The second-order valence-corrected chi connectivity index (χ2v) is 2.58. The summed E-state index contributed by atoms with van der Waals surface area (Å²) in [7, 11) is 1.81. The summed E-state index contributed by atoms with van der Waals surface area (Å²) < 4.78 is 1.72. The van der Waals surface area contributed by atoms with Gasteiger partial charge >= 0.3 is 0 Å². The first-order valence-corrected chi connectivity index (χ1v) is 3.39. The number of aryl methyl sites for hydroxylation is 1. The zero-order valence-electron chi connectivity index (χ0n) is 6.61. The van der Waals surface area contributed by atoms with Crippen molar-refractivity contribution < 1.29 is 4.79 Å². The average Bonchev–Trinajstić information content (AvgIpc) is 2.34. The number of Topliss-reactive ketones (excluding diaryl/α,β-unsaturated/α-hetero) is 1. The Labute approximate surface area is 65.0 Å². The zero-order chi connectivity index (χ0) is 8.43. The Hall–Kier alpha value is -1.16. The van der Waals surface area contributed by atoms with Crippen molar-refractivity contribution in [2.75, 3.05) is 0 Å². The molecule has 1 aromatic heterocycles. The van der Waals surface area contributed by atoms with Crippen molar-refractivity contribution in [1.82, 2.24) is 9.55 Å². The lowest BCUT2D eigenvalue weighted by Crippen LogP contribution is -2.26. The molecular weight excluding hydrogens is 142 g/mol. The summed E-state index contributed by atoms with van der Waals surface area (Å²) in [5.41, 5.74) is 5.81. The van der Waals surface area contributed by atoms with E-state index in [9.17, 15) is 4.79 Å². The SMILES string of the molecule is CC(N)C(=O)c1cn(C)cn1. The Morgan fingerprint density at radius 3 is 2.82 bits per heavy atom. The van der Waals surface area contributed by atoms with Gasteiger partial charge in [0.05, 0.1) is 12.4 Å². The standard InChI is InChI=1S/C7H11N3O/c1-5(8)7(11)6-3-10(2)4-9-6/h3-5H,8H2,1-2H3. The van der Waals surface area contributed by atoms with E-state index in [4.69, 9.17) is 5.73 Å². The van der Waals surface area contributed by atoms with Crippen LogP contribution in [0.5, 0.6) is 0 Å². The highest BCUT2D eigenvalue weighted by Crippen LogP contribution is 1.97. The van der Waals surface area contributed by atoms with E-state index in [1.165, 1.54) is 0 Å². The largest absolute Gasteiger partial charge is 0.340 e. The molecule has 0 saturated heterocycles. The van der Waals surface area contributed by atoms with E-state index in [0.717, 1.165) is 0 Å². The summed E-state index contributed by atoms with van der Waals surface area (Å²) in [5.74, 6) is -0.120. The fourth-order valence-corrected chi connectivity index (χ4v) is 0.773. The first-order chi connectivity index (χ1) is 5.11. The number of ketones is 1. The third-order valence-corrected chi connectivity index (χ3v) is 1.37. The van der Waals surface area contributed by atoms with Crippen LogP contribution in [0.1, 0.15) is 17.4 Å². The topological polar surface area (TPSA) is 60.9 Å². The summed E-state index contributed by atoms with van der Waals surface area (Å²) >= 11 is 0. The van der Waals surface area contributed by atoms with Crippen LogP contribution in [-0.2, 0) is 7.05 Å². The van der Waals surface area contributed by atoms with Crippen LogP contribution in [0, 0.1) is 0 Å². The Morgan fingerprint density at radius 1 is 1.82 bits per heavy atom. The van der Waals surface area contributed by atoms with Crippen molar-refractivity contribution in [3.63, 3.8) is 0 Å². The summed E-state index contributed by atoms with van der Waals surface area (Å²) in [5, 5.41) is 0. The maximum Gasteiger partial charge on any atom is 0.199 e. The van der Waals surface area contributed by atoms with Gasteiger partial charge in [-0.15, -0.1) is 0 Å². The minimum absolute atomic E-state index is 0.120. The average molecular weight is 153 g/mol. The molecule has 0 aliphatic carbocycles. The van der Waals surface area contributed by atoms with Crippen molar-refractivity contribution in [2.45, 2.75) is 13.0 Å². The molecule has 0 fully saturated rings. The van der Waals surface area contributed by atoms with Crippen molar-refractivity contribution >= 4 is 5.78 Å². The van der Waals surface area contributed by atoms with Gasteiger partial charge in [-0.2, -0.15) is 0 Å². The fraction of sp³-hybridized carbons (Fsp3) is 0.429. The maximum atomic E-state index is 11.2. The van der Waals surface area contributed by atoms with Crippen molar-refractivity contribution in [3.05, 3.63) is 18.2 Å². The lowest BCUT2D eigenvalue weighted by Gasteiger charge is -1.98.